The fourth-order valence-electron chi connectivity index (χ4n) is 3.83. The van der Waals surface area contributed by atoms with Gasteiger partial charge in [-0.3, -0.25) is 4.79 Å². The molecule has 0 aromatic heterocycles. The highest BCUT2D eigenvalue weighted by atomic mass is 16.5. The summed E-state index contributed by atoms with van der Waals surface area (Å²) in [5.74, 6) is 0.251. The third kappa shape index (κ3) is 2.40. The van der Waals surface area contributed by atoms with Crippen molar-refractivity contribution >= 4 is 5.91 Å². The first-order valence-electron chi connectivity index (χ1n) is 7.71. The van der Waals surface area contributed by atoms with E-state index in [1.54, 1.807) is 0 Å². The Morgan fingerprint density at radius 3 is 2.53 bits per heavy atom. The minimum atomic E-state index is 0.0232. The molecule has 2 aliphatic rings. The van der Waals surface area contributed by atoms with E-state index in [4.69, 9.17) is 4.74 Å². The van der Waals surface area contributed by atoms with E-state index in [9.17, 15) is 4.79 Å². The molecule has 3 atom stereocenters. The topological polar surface area (TPSA) is 41.6 Å². The minimum Gasteiger partial charge on any atom is -0.378 e. The summed E-state index contributed by atoms with van der Waals surface area (Å²) >= 11 is 0. The predicted octanol–water partition coefficient (Wildman–Crippen LogP) is 1.79. The normalized spacial score (nSPS) is 33.6. The molecule has 2 rings (SSSR count). The Kier molecular flexibility index (Phi) is 4.51. The molecule has 2 fully saturated rings. The summed E-state index contributed by atoms with van der Waals surface area (Å²) in [6, 6.07) is 0.453. The number of hydrogen-bond acceptors (Lipinski definition) is 3. The zero-order valence-corrected chi connectivity index (χ0v) is 12.7. The molecule has 1 saturated heterocycles. The SMILES string of the molecule is CCO[C@H]1C[C@H](N[C@@H]2CCN(C)C2=O)C1(CC)CC. The molecular weight excluding hydrogens is 240 g/mol. The van der Waals surface area contributed by atoms with Gasteiger partial charge in [0.2, 0.25) is 5.91 Å². The van der Waals surface area contributed by atoms with Gasteiger partial charge in [0.1, 0.15) is 0 Å². The lowest BCUT2D eigenvalue weighted by Crippen LogP contribution is -2.65. The van der Waals surface area contributed by atoms with Crippen LogP contribution in [0.4, 0.5) is 0 Å². The van der Waals surface area contributed by atoms with Crippen molar-refractivity contribution in [1.82, 2.24) is 10.2 Å². The first kappa shape index (κ1) is 14.8. The number of likely N-dealkylation sites (N-methyl/N-ethyl adjacent to an activating group) is 1. The highest BCUT2D eigenvalue weighted by Crippen LogP contribution is 2.49. The maximum Gasteiger partial charge on any atom is 0.239 e. The Morgan fingerprint density at radius 2 is 2.05 bits per heavy atom. The Balaban J connectivity index is 1.99. The molecule has 0 spiro atoms. The number of ether oxygens (including phenoxy) is 1. The maximum atomic E-state index is 12.0. The van der Waals surface area contributed by atoms with Crippen molar-refractivity contribution in [3.05, 3.63) is 0 Å². The van der Waals surface area contributed by atoms with Gasteiger partial charge in [-0.25, -0.2) is 0 Å². The van der Waals surface area contributed by atoms with Gasteiger partial charge in [-0.05, 0) is 32.6 Å². The van der Waals surface area contributed by atoms with Crippen LogP contribution in [0.25, 0.3) is 0 Å². The molecule has 0 bridgehead atoms. The Bertz CT molecular complexity index is 328. The molecular formula is C15H28N2O2. The van der Waals surface area contributed by atoms with Crippen molar-refractivity contribution < 1.29 is 9.53 Å². The van der Waals surface area contributed by atoms with E-state index < -0.39 is 0 Å². The number of likely N-dealkylation sites (tertiary alicyclic amines) is 1. The number of nitrogens with one attached hydrogen (secondary N) is 1. The lowest BCUT2D eigenvalue weighted by Gasteiger charge is -2.56. The number of amides is 1. The van der Waals surface area contributed by atoms with Crippen molar-refractivity contribution in [3.63, 3.8) is 0 Å². The number of hydrogen-bond donors (Lipinski definition) is 1. The molecule has 0 unspecified atom stereocenters. The van der Waals surface area contributed by atoms with Crippen LogP contribution in [-0.4, -0.2) is 49.2 Å². The van der Waals surface area contributed by atoms with E-state index in [0.717, 1.165) is 38.8 Å². The lowest BCUT2D eigenvalue weighted by atomic mass is 9.58. The van der Waals surface area contributed by atoms with E-state index in [2.05, 4.69) is 26.1 Å². The van der Waals surface area contributed by atoms with Crippen LogP contribution in [0.3, 0.4) is 0 Å². The van der Waals surface area contributed by atoms with Crippen LogP contribution in [0.15, 0.2) is 0 Å². The largest absolute Gasteiger partial charge is 0.378 e. The van der Waals surface area contributed by atoms with Gasteiger partial charge >= 0.3 is 0 Å². The number of carbonyl (C=O) groups is 1. The van der Waals surface area contributed by atoms with Crippen LogP contribution in [0.5, 0.6) is 0 Å². The fraction of sp³-hybridized carbons (Fsp3) is 0.933. The molecule has 0 aromatic rings. The van der Waals surface area contributed by atoms with Crippen molar-refractivity contribution in [1.29, 1.82) is 0 Å². The first-order chi connectivity index (χ1) is 9.08. The lowest BCUT2D eigenvalue weighted by molar-refractivity contribution is -0.144. The summed E-state index contributed by atoms with van der Waals surface area (Å²) in [6.45, 7) is 8.21. The molecule has 110 valence electrons. The minimum absolute atomic E-state index is 0.0232. The van der Waals surface area contributed by atoms with Crippen LogP contribution in [0.2, 0.25) is 0 Å². The van der Waals surface area contributed by atoms with E-state index >= 15 is 0 Å². The second-order valence-corrected chi connectivity index (χ2v) is 5.94. The van der Waals surface area contributed by atoms with Crippen LogP contribution in [0.1, 0.15) is 46.5 Å². The van der Waals surface area contributed by atoms with E-state index in [0.29, 0.717) is 12.1 Å². The summed E-state index contributed by atoms with van der Waals surface area (Å²) in [7, 11) is 1.89. The van der Waals surface area contributed by atoms with Gasteiger partial charge in [-0.2, -0.15) is 0 Å². The number of carbonyl (C=O) groups excluding carboxylic acids is 1. The van der Waals surface area contributed by atoms with E-state index in [1.807, 2.05) is 11.9 Å². The van der Waals surface area contributed by atoms with Crippen molar-refractivity contribution in [3.8, 4) is 0 Å². The average molecular weight is 268 g/mol. The van der Waals surface area contributed by atoms with E-state index in [1.165, 1.54) is 0 Å². The molecule has 1 aliphatic heterocycles. The number of nitrogens with zero attached hydrogens (tertiary/aromatic N) is 1. The summed E-state index contributed by atoms with van der Waals surface area (Å²) in [6.07, 6.45) is 4.57. The highest BCUT2D eigenvalue weighted by Gasteiger charge is 2.54. The Labute approximate surface area is 116 Å². The van der Waals surface area contributed by atoms with Gasteiger partial charge in [0, 0.05) is 31.7 Å². The molecule has 1 amide bonds. The van der Waals surface area contributed by atoms with Crippen LogP contribution < -0.4 is 5.32 Å². The third-order valence-corrected chi connectivity index (χ3v) is 5.30. The van der Waals surface area contributed by atoms with Crippen LogP contribution in [-0.2, 0) is 9.53 Å². The maximum absolute atomic E-state index is 12.0. The molecule has 0 radical (unpaired) electrons. The molecule has 1 heterocycles. The zero-order valence-electron chi connectivity index (χ0n) is 12.7. The summed E-state index contributed by atoms with van der Waals surface area (Å²) in [5.41, 5.74) is 0.220. The Morgan fingerprint density at radius 1 is 1.37 bits per heavy atom. The smallest absolute Gasteiger partial charge is 0.239 e. The molecule has 1 saturated carbocycles. The van der Waals surface area contributed by atoms with Crippen LogP contribution in [0, 0.1) is 5.41 Å². The summed E-state index contributed by atoms with van der Waals surface area (Å²) in [4.78, 5) is 13.8. The zero-order chi connectivity index (χ0) is 14.0. The predicted molar refractivity (Wildman–Crippen MR) is 76.0 cm³/mol. The highest BCUT2D eigenvalue weighted by molar-refractivity contribution is 5.83. The van der Waals surface area contributed by atoms with Crippen LogP contribution >= 0.6 is 0 Å². The van der Waals surface area contributed by atoms with Gasteiger partial charge in [0.15, 0.2) is 0 Å². The quantitative estimate of drug-likeness (QED) is 0.798. The molecule has 0 aromatic carbocycles. The molecule has 4 heteroatoms. The third-order valence-electron chi connectivity index (χ3n) is 5.30. The summed E-state index contributed by atoms with van der Waals surface area (Å²) < 4.78 is 5.88. The number of rotatable bonds is 6. The molecule has 1 N–H and O–H groups in total. The Hall–Kier alpha value is -0.610. The van der Waals surface area contributed by atoms with E-state index in [-0.39, 0.29) is 17.4 Å². The van der Waals surface area contributed by atoms with Crippen molar-refractivity contribution in [2.75, 3.05) is 20.2 Å². The fourth-order valence-corrected chi connectivity index (χ4v) is 3.83. The molecule has 1 aliphatic carbocycles. The monoisotopic (exact) mass is 268 g/mol. The van der Waals surface area contributed by atoms with Gasteiger partial charge in [-0.1, -0.05) is 13.8 Å². The first-order valence-corrected chi connectivity index (χ1v) is 7.71. The van der Waals surface area contributed by atoms with Crippen molar-refractivity contribution in [2.45, 2.75) is 64.6 Å². The second-order valence-electron chi connectivity index (χ2n) is 5.94. The van der Waals surface area contributed by atoms with Gasteiger partial charge in [0.05, 0.1) is 12.1 Å². The van der Waals surface area contributed by atoms with Gasteiger partial charge in [-0.15, -0.1) is 0 Å². The van der Waals surface area contributed by atoms with Gasteiger partial charge < -0.3 is 15.0 Å². The average Bonchev–Trinajstić information content (AvgIpc) is 2.71. The molecule has 4 nitrogen and oxygen atoms in total. The van der Waals surface area contributed by atoms with Gasteiger partial charge in [0.25, 0.3) is 0 Å². The summed E-state index contributed by atoms with van der Waals surface area (Å²) in [5, 5.41) is 3.61. The molecule has 19 heavy (non-hydrogen) atoms. The standard InChI is InChI=1S/C15H28N2O2/c1-5-15(6-2)12(10-13(15)19-7-3)16-11-8-9-17(4)14(11)18/h11-13,16H,5-10H2,1-4H3/t11-,12+,13+/m1/s1. The second kappa shape index (κ2) is 5.80. The van der Waals surface area contributed by atoms with Crippen molar-refractivity contribution in [2.24, 2.45) is 5.41 Å².